The van der Waals surface area contributed by atoms with E-state index in [1.54, 1.807) is 0 Å². The van der Waals surface area contributed by atoms with Crippen molar-refractivity contribution in [1.29, 1.82) is 0 Å². The lowest BCUT2D eigenvalue weighted by Gasteiger charge is -2.15. The van der Waals surface area contributed by atoms with Crippen molar-refractivity contribution in [1.82, 2.24) is 14.8 Å². The molecule has 0 saturated heterocycles. The van der Waals surface area contributed by atoms with Gasteiger partial charge < -0.3 is 5.32 Å². The summed E-state index contributed by atoms with van der Waals surface area (Å²) >= 11 is 0. The number of nitrogens with one attached hydrogen (secondary N) is 1. The van der Waals surface area contributed by atoms with Gasteiger partial charge in [0, 0.05) is 23.7 Å². The molecule has 2 heterocycles. The maximum absolute atomic E-state index is 4.79. The van der Waals surface area contributed by atoms with Gasteiger partial charge in [0.2, 0.25) is 0 Å². The van der Waals surface area contributed by atoms with Crippen LogP contribution in [-0.4, -0.2) is 14.8 Å². The van der Waals surface area contributed by atoms with Crippen molar-refractivity contribution in [2.75, 3.05) is 5.32 Å². The first-order valence-electron chi connectivity index (χ1n) is 9.80. The van der Waals surface area contributed by atoms with Crippen LogP contribution in [0, 0.1) is 6.92 Å². The molecule has 0 aliphatic rings. The monoisotopic (exact) mass is 370 g/mol. The third-order valence-electron chi connectivity index (χ3n) is 5.20. The van der Waals surface area contributed by atoms with E-state index in [4.69, 9.17) is 5.10 Å². The molecule has 4 aromatic rings. The second-order valence-electron chi connectivity index (χ2n) is 7.61. The highest BCUT2D eigenvalue weighted by Gasteiger charge is 2.13. The Balaban J connectivity index is 1.73. The minimum Gasteiger partial charge on any atom is -0.363 e. The van der Waals surface area contributed by atoms with E-state index >= 15 is 0 Å². The van der Waals surface area contributed by atoms with Crippen LogP contribution in [0.4, 0.5) is 5.82 Å². The molecular weight excluding hydrogens is 344 g/mol. The van der Waals surface area contributed by atoms with Gasteiger partial charge in [-0.15, -0.1) is 0 Å². The maximum atomic E-state index is 4.79. The lowest BCUT2D eigenvalue weighted by Crippen LogP contribution is -2.08. The normalized spacial score (nSPS) is 12.5. The summed E-state index contributed by atoms with van der Waals surface area (Å²) in [5, 5.41) is 9.38. The van der Waals surface area contributed by atoms with Gasteiger partial charge in [-0.2, -0.15) is 5.10 Å². The fourth-order valence-electron chi connectivity index (χ4n) is 3.49. The second kappa shape index (κ2) is 7.47. The average molecular weight is 371 g/mol. The molecule has 1 N–H and O–H groups in total. The number of fused-ring (bicyclic) bond motifs is 1. The molecule has 4 rings (SSSR count). The fraction of sp³-hybridized carbons (Fsp3) is 0.250. The molecule has 0 amide bonds. The fourth-order valence-corrected chi connectivity index (χ4v) is 3.49. The van der Waals surface area contributed by atoms with Gasteiger partial charge in [0.15, 0.2) is 0 Å². The summed E-state index contributed by atoms with van der Waals surface area (Å²) in [7, 11) is 0. The van der Waals surface area contributed by atoms with Crippen molar-refractivity contribution in [3.63, 3.8) is 0 Å². The molecule has 4 heteroatoms. The molecule has 0 spiro atoms. The standard InChI is InChI=1S/C24H26N4/c1-16(2)20-11-8-12-21(13-20)28-23-14-24(25-15-22(23)18(4)27-28)26-17(3)19-9-6-5-7-10-19/h5-17H,1-4H3,(H,25,26)/t17-/m0/s1. The number of rotatable bonds is 5. The van der Waals surface area contributed by atoms with Gasteiger partial charge in [0.25, 0.3) is 0 Å². The van der Waals surface area contributed by atoms with Crippen molar-refractivity contribution in [2.45, 2.75) is 39.7 Å². The van der Waals surface area contributed by atoms with Crippen LogP contribution in [0.3, 0.4) is 0 Å². The summed E-state index contributed by atoms with van der Waals surface area (Å²) in [5.41, 5.74) is 5.68. The Bertz CT molecular complexity index is 1100. The Morgan fingerprint density at radius 1 is 0.893 bits per heavy atom. The first-order chi connectivity index (χ1) is 13.5. The van der Waals surface area contributed by atoms with Crippen LogP contribution in [0.1, 0.15) is 49.6 Å². The van der Waals surface area contributed by atoms with Crippen LogP contribution in [0.2, 0.25) is 0 Å². The summed E-state index contributed by atoms with van der Waals surface area (Å²) in [6, 6.07) is 21.3. The number of anilines is 1. The summed E-state index contributed by atoms with van der Waals surface area (Å²) < 4.78 is 2.02. The molecule has 142 valence electrons. The number of aryl methyl sites for hydroxylation is 1. The van der Waals surface area contributed by atoms with E-state index in [-0.39, 0.29) is 6.04 Å². The summed E-state index contributed by atoms with van der Waals surface area (Å²) in [6.07, 6.45) is 1.92. The van der Waals surface area contributed by atoms with Gasteiger partial charge in [-0.25, -0.2) is 9.67 Å². The lowest BCUT2D eigenvalue weighted by atomic mass is 10.0. The minimum atomic E-state index is 0.174. The Kier molecular flexibility index (Phi) is 4.86. The quantitative estimate of drug-likeness (QED) is 0.467. The Hall–Kier alpha value is -3.14. The molecule has 28 heavy (non-hydrogen) atoms. The van der Waals surface area contributed by atoms with Crippen LogP contribution in [0.15, 0.2) is 66.9 Å². The molecule has 0 radical (unpaired) electrons. The van der Waals surface area contributed by atoms with Crippen LogP contribution in [0.25, 0.3) is 16.6 Å². The first-order valence-corrected chi connectivity index (χ1v) is 9.80. The van der Waals surface area contributed by atoms with Crippen molar-refractivity contribution < 1.29 is 0 Å². The van der Waals surface area contributed by atoms with Crippen molar-refractivity contribution >= 4 is 16.7 Å². The lowest BCUT2D eigenvalue weighted by molar-refractivity contribution is 0.848. The van der Waals surface area contributed by atoms with Crippen LogP contribution in [0.5, 0.6) is 0 Å². The summed E-state index contributed by atoms with van der Waals surface area (Å²) in [4.78, 5) is 4.62. The molecule has 1 atom stereocenters. The smallest absolute Gasteiger partial charge is 0.128 e. The number of benzene rings is 2. The molecule has 2 aromatic carbocycles. The molecule has 0 bridgehead atoms. The van der Waals surface area contributed by atoms with Gasteiger partial charge in [0.1, 0.15) is 5.82 Å². The molecule has 2 aromatic heterocycles. The predicted octanol–water partition coefficient (Wildman–Crippen LogP) is 6.03. The predicted molar refractivity (Wildman–Crippen MR) is 116 cm³/mol. The third-order valence-corrected chi connectivity index (χ3v) is 5.20. The van der Waals surface area contributed by atoms with E-state index in [0.29, 0.717) is 5.92 Å². The minimum absolute atomic E-state index is 0.174. The van der Waals surface area contributed by atoms with E-state index in [2.05, 4.69) is 85.7 Å². The number of aromatic nitrogens is 3. The van der Waals surface area contributed by atoms with Crippen molar-refractivity contribution in [3.8, 4) is 5.69 Å². The van der Waals surface area contributed by atoms with Gasteiger partial charge >= 0.3 is 0 Å². The van der Waals surface area contributed by atoms with E-state index in [1.807, 2.05) is 23.9 Å². The van der Waals surface area contributed by atoms with E-state index in [9.17, 15) is 0 Å². The molecule has 4 nitrogen and oxygen atoms in total. The van der Waals surface area contributed by atoms with Crippen LogP contribution < -0.4 is 5.32 Å². The molecule has 0 unspecified atom stereocenters. The highest BCUT2D eigenvalue weighted by atomic mass is 15.3. The topological polar surface area (TPSA) is 42.7 Å². The Morgan fingerprint density at radius 2 is 1.64 bits per heavy atom. The van der Waals surface area contributed by atoms with E-state index in [0.717, 1.165) is 28.1 Å². The van der Waals surface area contributed by atoms with Crippen LogP contribution in [-0.2, 0) is 0 Å². The highest BCUT2D eigenvalue weighted by Crippen LogP contribution is 2.26. The maximum Gasteiger partial charge on any atom is 0.128 e. The zero-order valence-electron chi connectivity index (χ0n) is 16.8. The molecular formula is C24H26N4. The van der Waals surface area contributed by atoms with E-state index < -0.39 is 0 Å². The van der Waals surface area contributed by atoms with Gasteiger partial charge in [0.05, 0.1) is 16.9 Å². The van der Waals surface area contributed by atoms with Crippen molar-refractivity contribution in [2.24, 2.45) is 0 Å². The number of hydrogen-bond acceptors (Lipinski definition) is 3. The highest BCUT2D eigenvalue weighted by molar-refractivity contribution is 5.84. The van der Waals surface area contributed by atoms with Gasteiger partial charge in [-0.05, 0) is 43.0 Å². The zero-order valence-corrected chi connectivity index (χ0v) is 16.8. The average Bonchev–Trinajstić information content (AvgIpc) is 3.05. The Labute approximate surface area is 166 Å². The summed E-state index contributed by atoms with van der Waals surface area (Å²) in [6.45, 7) is 8.60. The third kappa shape index (κ3) is 3.50. The molecule has 0 saturated carbocycles. The largest absolute Gasteiger partial charge is 0.363 e. The molecule has 0 fully saturated rings. The van der Waals surface area contributed by atoms with E-state index in [1.165, 1.54) is 11.1 Å². The zero-order chi connectivity index (χ0) is 19.7. The number of pyridine rings is 1. The van der Waals surface area contributed by atoms with Crippen LogP contribution >= 0.6 is 0 Å². The van der Waals surface area contributed by atoms with Gasteiger partial charge in [-0.1, -0.05) is 56.3 Å². The molecule has 0 aliphatic carbocycles. The summed E-state index contributed by atoms with van der Waals surface area (Å²) in [5.74, 6) is 1.33. The van der Waals surface area contributed by atoms with Gasteiger partial charge in [-0.3, -0.25) is 0 Å². The Morgan fingerprint density at radius 3 is 2.39 bits per heavy atom. The SMILES string of the molecule is Cc1nn(-c2cccc(C(C)C)c2)c2cc(N[C@@H](C)c3ccccc3)ncc12. The second-order valence-corrected chi connectivity index (χ2v) is 7.61. The number of hydrogen-bond donors (Lipinski definition) is 1. The first kappa shape index (κ1) is 18.2. The number of nitrogens with zero attached hydrogens (tertiary/aromatic N) is 3. The molecule has 0 aliphatic heterocycles. The van der Waals surface area contributed by atoms with Crippen molar-refractivity contribution in [3.05, 3.63) is 83.7 Å².